The van der Waals surface area contributed by atoms with Crippen LogP contribution >= 0.6 is 15.9 Å². The van der Waals surface area contributed by atoms with Crippen LogP contribution in [0.1, 0.15) is 11.3 Å². The summed E-state index contributed by atoms with van der Waals surface area (Å²) < 4.78 is 2.94. The molecule has 0 fully saturated rings. The quantitative estimate of drug-likeness (QED) is 0.936. The molecule has 3 nitrogen and oxygen atoms in total. The number of nitrogens with one attached hydrogen (secondary N) is 1. The highest BCUT2D eigenvalue weighted by Crippen LogP contribution is 2.20. The van der Waals surface area contributed by atoms with Gasteiger partial charge in [0.05, 0.1) is 12.2 Å². The Morgan fingerprint density at radius 2 is 2.19 bits per heavy atom. The molecular formula is C12H14BrN3. The van der Waals surface area contributed by atoms with Crippen LogP contribution in [0.3, 0.4) is 0 Å². The zero-order valence-electron chi connectivity index (χ0n) is 9.37. The Morgan fingerprint density at radius 1 is 1.38 bits per heavy atom. The van der Waals surface area contributed by atoms with Gasteiger partial charge in [0.2, 0.25) is 0 Å². The molecule has 2 rings (SSSR count). The molecule has 0 aliphatic rings. The lowest BCUT2D eigenvalue weighted by molar-refractivity contribution is 0.747. The van der Waals surface area contributed by atoms with Crippen LogP contribution in [0.25, 0.3) is 0 Å². The molecule has 0 amide bonds. The largest absolute Gasteiger partial charge is 0.379 e. The molecule has 0 spiro atoms. The van der Waals surface area contributed by atoms with Crippen molar-refractivity contribution in [2.24, 2.45) is 7.05 Å². The second-order valence-electron chi connectivity index (χ2n) is 3.80. The SMILES string of the molecule is Cc1cc(NCc2ccn(C)n2)ccc1Br. The summed E-state index contributed by atoms with van der Waals surface area (Å²) in [6.07, 6.45) is 1.95. The summed E-state index contributed by atoms with van der Waals surface area (Å²) in [5.41, 5.74) is 3.39. The van der Waals surface area contributed by atoms with E-state index in [4.69, 9.17) is 0 Å². The van der Waals surface area contributed by atoms with Gasteiger partial charge in [0.15, 0.2) is 0 Å². The fourth-order valence-corrected chi connectivity index (χ4v) is 1.75. The van der Waals surface area contributed by atoms with Crippen molar-refractivity contribution in [3.63, 3.8) is 0 Å². The Morgan fingerprint density at radius 3 is 2.81 bits per heavy atom. The van der Waals surface area contributed by atoms with Gasteiger partial charge in [-0.2, -0.15) is 5.10 Å². The topological polar surface area (TPSA) is 29.9 Å². The molecule has 0 saturated heterocycles. The number of anilines is 1. The molecule has 0 aliphatic carbocycles. The van der Waals surface area contributed by atoms with Gasteiger partial charge in [0.25, 0.3) is 0 Å². The van der Waals surface area contributed by atoms with E-state index in [9.17, 15) is 0 Å². The Bertz CT molecular complexity index is 491. The molecule has 16 heavy (non-hydrogen) atoms. The van der Waals surface area contributed by atoms with Crippen molar-refractivity contribution in [2.45, 2.75) is 13.5 Å². The fourth-order valence-electron chi connectivity index (χ4n) is 1.50. The molecule has 1 heterocycles. The van der Waals surface area contributed by atoms with E-state index in [1.54, 1.807) is 0 Å². The standard InChI is InChI=1S/C12H14BrN3/c1-9-7-10(3-4-12(9)13)14-8-11-5-6-16(2)15-11/h3-7,14H,8H2,1-2H3. The van der Waals surface area contributed by atoms with E-state index >= 15 is 0 Å². The lowest BCUT2D eigenvalue weighted by atomic mass is 10.2. The number of hydrogen-bond acceptors (Lipinski definition) is 2. The lowest BCUT2D eigenvalue weighted by Crippen LogP contribution is -2.01. The normalized spacial score (nSPS) is 10.4. The van der Waals surface area contributed by atoms with Crippen molar-refractivity contribution in [1.82, 2.24) is 9.78 Å². The van der Waals surface area contributed by atoms with E-state index in [0.717, 1.165) is 22.4 Å². The molecule has 0 atom stereocenters. The predicted octanol–water partition coefficient (Wildman–Crippen LogP) is 3.10. The van der Waals surface area contributed by atoms with E-state index in [1.165, 1.54) is 5.56 Å². The van der Waals surface area contributed by atoms with Gasteiger partial charge in [-0.15, -0.1) is 0 Å². The van der Waals surface area contributed by atoms with E-state index < -0.39 is 0 Å². The Labute approximate surface area is 104 Å². The second kappa shape index (κ2) is 4.70. The van der Waals surface area contributed by atoms with Gasteiger partial charge < -0.3 is 5.32 Å². The van der Waals surface area contributed by atoms with Gasteiger partial charge in [-0.25, -0.2) is 0 Å². The maximum Gasteiger partial charge on any atom is 0.0815 e. The van der Waals surface area contributed by atoms with Gasteiger partial charge in [0, 0.05) is 23.4 Å². The molecule has 4 heteroatoms. The molecule has 0 radical (unpaired) electrons. The molecule has 0 saturated carbocycles. The first-order valence-corrected chi connectivity index (χ1v) is 5.93. The first kappa shape index (κ1) is 11.2. The Balaban J connectivity index is 2.02. The summed E-state index contributed by atoms with van der Waals surface area (Å²) in [6, 6.07) is 8.24. The van der Waals surface area contributed by atoms with E-state index in [0.29, 0.717) is 0 Å². The summed E-state index contributed by atoms with van der Waals surface area (Å²) >= 11 is 3.49. The third-order valence-corrected chi connectivity index (χ3v) is 3.29. The van der Waals surface area contributed by atoms with Crippen molar-refractivity contribution in [1.29, 1.82) is 0 Å². The summed E-state index contributed by atoms with van der Waals surface area (Å²) in [7, 11) is 1.92. The van der Waals surface area contributed by atoms with Crippen LogP contribution in [0.15, 0.2) is 34.9 Å². The van der Waals surface area contributed by atoms with Crippen LogP contribution in [-0.2, 0) is 13.6 Å². The van der Waals surface area contributed by atoms with Crippen molar-refractivity contribution in [2.75, 3.05) is 5.32 Å². The first-order chi connectivity index (χ1) is 7.65. The minimum atomic E-state index is 0.752. The highest BCUT2D eigenvalue weighted by Gasteiger charge is 1.99. The highest BCUT2D eigenvalue weighted by molar-refractivity contribution is 9.10. The average molecular weight is 280 g/mol. The van der Waals surface area contributed by atoms with Crippen LogP contribution in [0, 0.1) is 6.92 Å². The molecule has 2 aromatic rings. The van der Waals surface area contributed by atoms with Crippen LogP contribution < -0.4 is 5.32 Å². The fraction of sp³-hybridized carbons (Fsp3) is 0.250. The van der Waals surface area contributed by atoms with Gasteiger partial charge in [0.1, 0.15) is 0 Å². The molecule has 1 aromatic heterocycles. The zero-order chi connectivity index (χ0) is 11.5. The van der Waals surface area contributed by atoms with Crippen LogP contribution in [0.5, 0.6) is 0 Å². The Hall–Kier alpha value is -1.29. The van der Waals surface area contributed by atoms with Crippen LogP contribution in [-0.4, -0.2) is 9.78 Å². The molecule has 1 aromatic carbocycles. The monoisotopic (exact) mass is 279 g/mol. The van der Waals surface area contributed by atoms with Gasteiger partial charge in [-0.05, 0) is 36.8 Å². The maximum absolute atomic E-state index is 4.31. The lowest BCUT2D eigenvalue weighted by Gasteiger charge is -2.06. The number of aryl methyl sites for hydroxylation is 2. The summed E-state index contributed by atoms with van der Waals surface area (Å²) in [5.74, 6) is 0. The molecule has 0 aliphatic heterocycles. The smallest absolute Gasteiger partial charge is 0.0815 e. The van der Waals surface area contributed by atoms with Crippen molar-refractivity contribution in [3.8, 4) is 0 Å². The van der Waals surface area contributed by atoms with Crippen molar-refractivity contribution >= 4 is 21.6 Å². The van der Waals surface area contributed by atoms with Gasteiger partial charge >= 0.3 is 0 Å². The predicted molar refractivity (Wildman–Crippen MR) is 69.4 cm³/mol. The Kier molecular flexibility index (Phi) is 3.29. The van der Waals surface area contributed by atoms with Gasteiger partial charge in [-0.3, -0.25) is 4.68 Å². The number of rotatable bonds is 3. The van der Waals surface area contributed by atoms with E-state index in [2.05, 4.69) is 51.5 Å². The molecular weight excluding hydrogens is 266 g/mol. The zero-order valence-corrected chi connectivity index (χ0v) is 11.0. The van der Waals surface area contributed by atoms with Crippen LogP contribution in [0.2, 0.25) is 0 Å². The van der Waals surface area contributed by atoms with E-state index in [-0.39, 0.29) is 0 Å². The first-order valence-electron chi connectivity index (χ1n) is 5.14. The molecule has 0 unspecified atom stereocenters. The third kappa shape index (κ3) is 2.64. The summed E-state index contributed by atoms with van der Waals surface area (Å²) in [5, 5.41) is 7.66. The second-order valence-corrected chi connectivity index (χ2v) is 4.65. The van der Waals surface area contributed by atoms with Crippen molar-refractivity contribution in [3.05, 3.63) is 46.2 Å². The minimum Gasteiger partial charge on any atom is -0.379 e. The number of nitrogens with zero attached hydrogens (tertiary/aromatic N) is 2. The van der Waals surface area contributed by atoms with Crippen LogP contribution in [0.4, 0.5) is 5.69 Å². The molecule has 84 valence electrons. The number of aromatic nitrogens is 2. The number of hydrogen-bond donors (Lipinski definition) is 1. The summed E-state index contributed by atoms with van der Waals surface area (Å²) in [6.45, 7) is 2.83. The summed E-state index contributed by atoms with van der Waals surface area (Å²) in [4.78, 5) is 0. The average Bonchev–Trinajstić information content (AvgIpc) is 2.66. The number of benzene rings is 1. The minimum absolute atomic E-state index is 0.752. The number of halogens is 1. The maximum atomic E-state index is 4.31. The third-order valence-electron chi connectivity index (χ3n) is 2.40. The van der Waals surface area contributed by atoms with Crippen molar-refractivity contribution < 1.29 is 0 Å². The molecule has 1 N–H and O–H groups in total. The molecule has 0 bridgehead atoms. The van der Waals surface area contributed by atoms with Gasteiger partial charge in [-0.1, -0.05) is 15.9 Å². The highest BCUT2D eigenvalue weighted by atomic mass is 79.9. The van der Waals surface area contributed by atoms with E-state index in [1.807, 2.05) is 24.0 Å².